The van der Waals surface area contributed by atoms with E-state index in [0.29, 0.717) is 0 Å². The summed E-state index contributed by atoms with van der Waals surface area (Å²) in [5, 5.41) is 8.53. The van der Waals surface area contributed by atoms with E-state index >= 15 is 0 Å². The lowest BCUT2D eigenvalue weighted by molar-refractivity contribution is 0.0697. The van der Waals surface area contributed by atoms with Gasteiger partial charge < -0.3 is 5.11 Å². The maximum absolute atomic E-state index is 11.2. The standard InChI is InChI=1S/C7H9NO4S/c1-2-13(11,12)8-4-3-6(5-8)7(9)10/h3-5H,2H2,1H3,(H,9,10). The predicted molar refractivity (Wildman–Crippen MR) is 46.3 cm³/mol. The van der Waals surface area contributed by atoms with Gasteiger partial charge in [0.25, 0.3) is 0 Å². The first-order valence-corrected chi connectivity index (χ1v) is 5.23. The molecule has 1 aromatic rings. The summed E-state index contributed by atoms with van der Waals surface area (Å²) in [5.74, 6) is -1.19. The molecule has 5 nitrogen and oxygen atoms in total. The summed E-state index contributed by atoms with van der Waals surface area (Å²) >= 11 is 0. The molecule has 13 heavy (non-hydrogen) atoms. The Morgan fingerprint density at radius 2 is 2.23 bits per heavy atom. The van der Waals surface area contributed by atoms with Crippen LogP contribution in [0.1, 0.15) is 17.3 Å². The van der Waals surface area contributed by atoms with Crippen molar-refractivity contribution >= 4 is 16.0 Å². The average Bonchev–Trinajstić information content (AvgIpc) is 2.52. The van der Waals surface area contributed by atoms with Gasteiger partial charge in [-0.1, -0.05) is 0 Å². The van der Waals surface area contributed by atoms with Crippen molar-refractivity contribution in [1.29, 1.82) is 0 Å². The highest BCUT2D eigenvalue weighted by Crippen LogP contribution is 2.04. The minimum atomic E-state index is -3.36. The van der Waals surface area contributed by atoms with E-state index in [-0.39, 0.29) is 11.3 Å². The number of hydrogen-bond acceptors (Lipinski definition) is 3. The van der Waals surface area contributed by atoms with Crippen molar-refractivity contribution in [2.24, 2.45) is 0 Å². The maximum atomic E-state index is 11.2. The topological polar surface area (TPSA) is 76.4 Å². The fourth-order valence-corrected chi connectivity index (χ4v) is 1.64. The first-order chi connectivity index (χ1) is 5.97. The molecule has 0 saturated carbocycles. The highest BCUT2D eigenvalue weighted by molar-refractivity contribution is 7.89. The molecule has 0 saturated heterocycles. The molecule has 0 aromatic carbocycles. The summed E-state index contributed by atoms with van der Waals surface area (Å²) in [6, 6.07) is 1.25. The molecule has 0 bridgehead atoms. The molecule has 0 aliphatic carbocycles. The van der Waals surface area contributed by atoms with Gasteiger partial charge in [-0.2, -0.15) is 0 Å². The highest BCUT2D eigenvalue weighted by Gasteiger charge is 2.12. The van der Waals surface area contributed by atoms with Gasteiger partial charge in [0, 0.05) is 12.4 Å². The molecule has 1 N–H and O–H groups in total. The lowest BCUT2D eigenvalue weighted by Crippen LogP contribution is -2.12. The van der Waals surface area contributed by atoms with Gasteiger partial charge in [-0.15, -0.1) is 0 Å². The van der Waals surface area contributed by atoms with E-state index in [4.69, 9.17) is 5.11 Å². The Balaban J connectivity index is 3.13. The van der Waals surface area contributed by atoms with E-state index in [1.54, 1.807) is 0 Å². The third-order valence-electron chi connectivity index (χ3n) is 1.60. The van der Waals surface area contributed by atoms with Gasteiger partial charge in [0.1, 0.15) is 0 Å². The minimum Gasteiger partial charge on any atom is -0.478 e. The van der Waals surface area contributed by atoms with Crippen LogP contribution in [-0.2, 0) is 10.0 Å². The zero-order chi connectivity index (χ0) is 10.1. The van der Waals surface area contributed by atoms with Gasteiger partial charge in [-0.25, -0.2) is 13.2 Å². The summed E-state index contributed by atoms with van der Waals surface area (Å²) in [6.07, 6.45) is 2.31. The van der Waals surface area contributed by atoms with E-state index in [1.807, 2.05) is 0 Å². The third-order valence-corrected chi connectivity index (χ3v) is 3.20. The molecule has 0 amide bonds. The van der Waals surface area contributed by atoms with Crippen molar-refractivity contribution in [3.63, 3.8) is 0 Å². The number of hydrogen-bond donors (Lipinski definition) is 1. The lowest BCUT2D eigenvalue weighted by Gasteiger charge is -1.99. The maximum Gasteiger partial charge on any atom is 0.337 e. The normalized spacial score (nSPS) is 11.5. The van der Waals surface area contributed by atoms with E-state index in [0.717, 1.165) is 10.2 Å². The molecule has 1 aromatic heterocycles. The Morgan fingerprint density at radius 3 is 2.62 bits per heavy atom. The minimum absolute atomic E-state index is 0.0305. The van der Waals surface area contributed by atoms with Gasteiger partial charge in [-0.05, 0) is 13.0 Å². The molecule has 6 heteroatoms. The second kappa shape index (κ2) is 3.21. The first kappa shape index (κ1) is 9.79. The van der Waals surface area contributed by atoms with Crippen LogP contribution < -0.4 is 0 Å². The van der Waals surface area contributed by atoms with Crippen molar-refractivity contribution in [1.82, 2.24) is 3.97 Å². The molecular formula is C7H9NO4S. The summed E-state index contributed by atoms with van der Waals surface area (Å²) in [7, 11) is -3.36. The van der Waals surface area contributed by atoms with Crippen LogP contribution in [0.15, 0.2) is 18.5 Å². The first-order valence-electron chi connectivity index (χ1n) is 3.62. The molecule has 1 rings (SSSR count). The Morgan fingerprint density at radius 1 is 1.62 bits per heavy atom. The molecule has 0 radical (unpaired) electrons. The molecular weight excluding hydrogens is 194 g/mol. The van der Waals surface area contributed by atoms with Crippen molar-refractivity contribution in [2.45, 2.75) is 6.92 Å². The second-order valence-corrected chi connectivity index (χ2v) is 4.60. The van der Waals surface area contributed by atoms with E-state index in [1.165, 1.54) is 19.2 Å². The Hall–Kier alpha value is -1.30. The SMILES string of the molecule is CCS(=O)(=O)n1ccc(C(=O)O)c1. The number of nitrogens with zero attached hydrogens (tertiary/aromatic N) is 1. The van der Waals surface area contributed by atoms with Gasteiger partial charge in [0.15, 0.2) is 0 Å². The largest absolute Gasteiger partial charge is 0.478 e. The Bertz CT molecular complexity index is 417. The summed E-state index contributed by atoms with van der Waals surface area (Å²) in [6.45, 7) is 1.50. The molecule has 0 atom stereocenters. The summed E-state index contributed by atoms with van der Waals surface area (Å²) in [4.78, 5) is 10.4. The van der Waals surface area contributed by atoms with Crippen molar-refractivity contribution in [3.8, 4) is 0 Å². The van der Waals surface area contributed by atoms with Crippen LogP contribution >= 0.6 is 0 Å². The third kappa shape index (κ3) is 1.89. The van der Waals surface area contributed by atoms with Crippen molar-refractivity contribution < 1.29 is 18.3 Å². The number of carboxylic acids is 1. The summed E-state index contributed by atoms with van der Waals surface area (Å²) in [5.41, 5.74) is -0.0305. The van der Waals surface area contributed by atoms with Crippen LogP contribution in [0.25, 0.3) is 0 Å². The molecule has 0 aliphatic rings. The quantitative estimate of drug-likeness (QED) is 0.770. The van der Waals surface area contributed by atoms with E-state index < -0.39 is 16.0 Å². The van der Waals surface area contributed by atoms with E-state index in [2.05, 4.69) is 0 Å². The Labute approximate surface area is 75.7 Å². The zero-order valence-electron chi connectivity index (χ0n) is 6.97. The van der Waals surface area contributed by atoms with Crippen LogP contribution in [0.4, 0.5) is 0 Å². The summed E-state index contributed by atoms with van der Waals surface area (Å²) < 4.78 is 23.3. The molecule has 72 valence electrons. The number of aromatic carboxylic acids is 1. The number of rotatable bonds is 3. The molecule has 0 aliphatic heterocycles. The lowest BCUT2D eigenvalue weighted by atomic mass is 10.4. The van der Waals surface area contributed by atoms with Gasteiger partial charge in [0.05, 0.1) is 11.3 Å². The molecule has 0 unspecified atom stereocenters. The van der Waals surface area contributed by atoms with Crippen molar-refractivity contribution in [2.75, 3.05) is 5.75 Å². The molecule has 0 spiro atoms. The van der Waals surface area contributed by atoms with Crippen LogP contribution in [0.3, 0.4) is 0 Å². The van der Waals surface area contributed by atoms with Gasteiger partial charge in [-0.3, -0.25) is 3.97 Å². The smallest absolute Gasteiger partial charge is 0.337 e. The van der Waals surface area contributed by atoms with Gasteiger partial charge >= 0.3 is 5.97 Å². The Kier molecular flexibility index (Phi) is 2.42. The number of carboxylic acid groups (broad SMARTS) is 1. The zero-order valence-corrected chi connectivity index (χ0v) is 7.78. The van der Waals surface area contributed by atoms with Crippen LogP contribution in [0.2, 0.25) is 0 Å². The monoisotopic (exact) mass is 203 g/mol. The fourth-order valence-electron chi connectivity index (χ4n) is 0.826. The molecule has 1 heterocycles. The highest BCUT2D eigenvalue weighted by atomic mass is 32.2. The number of aromatic nitrogens is 1. The molecule has 0 fully saturated rings. The second-order valence-electron chi connectivity index (χ2n) is 2.44. The fraction of sp³-hybridized carbons (Fsp3) is 0.286. The van der Waals surface area contributed by atoms with Crippen molar-refractivity contribution in [3.05, 3.63) is 24.0 Å². The van der Waals surface area contributed by atoms with Crippen LogP contribution in [0, 0.1) is 0 Å². The predicted octanol–water partition coefficient (Wildman–Crippen LogP) is 0.384. The number of carbonyl (C=O) groups is 1. The average molecular weight is 203 g/mol. The van der Waals surface area contributed by atoms with E-state index in [9.17, 15) is 13.2 Å². The van der Waals surface area contributed by atoms with Gasteiger partial charge in [0.2, 0.25) is 10.0 Å². The van der Waals surface area contributed by atoms with Crippen LogP contribution in [-0.4, -0.2) is 29.2 Å². The van der Waals surface area contributed by atoms with Crippen LogP contribution in [0.5, 0.6) is 0 Å².